The second-order valence-electron chi connectivity index (χ2n) is 6.22. The minimum absolute atomic E-state index is 0.217. The van der Waals surface area contributed by atoms with E-state index in [0.29, 0.717) is 23.5 Å². The fourth-order valence-electron chi connectivity index (χ4n) is 2.65. The summed E-state index contributed by atoms with van der Waals surface area (Å²) < 4.78 is 8.44. The summed E-state index contributed by atoms with van der Waals surface area (Å²) >= 11 is 1.54. The highest BCUT2D eigenvalue weighted by Gasteiger charge is 2.10. The summed E-state index contributed by atoms with van der Waals surface area (Å²) in [5, 5.41) is 0. The Balaban J connectivity index is 2.13. The molecule has 4 nitrogen and oxygen atoms in total. The SMILES string of the molecule is COCCn1c(=NC(=O)c2ccc(C)cc2)sc2cc(C)c(C)cc21. The van der Waals surface area contributed by atoms with Gasteiger partial charge in [-0.15, -0.1) is 0 Å². The zero-order valence-corrected chi connectivity index (χ0v) is 15.8. The summed E-state index contributed by atoms with van der Waals surface area (Å²) in [4.78, 5) is 17.7. The number of hydrogen-bond donors (Lipinski definition) is 0. The van der Waals surface area contributed by atoms with Crippen molar-refractivity contribution in [1.29, 1.82) is 0 Å². The summed E-state index contributed by atoms with van der Waals surface area (Å²) in [6.45, 7) is 7.44. The van der Waals surface area contributed by atoms with Gasteiger partial charge in [-0.2, -0.15) is 4.99 Å². The normalized spacial score (nSPS) is 12.1. The van der Waals surface area contributed by atoms with Gasteiger partial charge in [0.25, 0.3) is 5.91 Å². The molecule has 1 amide bonds. The molecule has 5 heteroatoms. The smallest absolute Gasteiger partial charge is 0.279 e. The van der Waals surface area contributed by atoms with Crippen molar-refractivity contribution in [2.24, 2.45) is 4.99 Å². The van der Waals surface area contributed by atoms with E-state index in [4.69, 9.17) is 4.74 Å². The number of amides is 1. The van der Waals surface area contributed by atoms with E-state index in [2.05, 4.69) is 35.5 Å². The minimum atomic E-state index is -0.217. The molecule has 3 aromatic rings. The molecule has 25 heavy (non-hydrogen) atoms. The quantitative estimate of drug-likeness (QED) is 0.710. The fourth-order valence-corrected chi connectivity index (χ4v) is 3.79. The Kier molecular flexibility index (Phi) is 5.16. The third-order valence-corrected chi connectivity index (χ3v) is 5.35. The van der Waals surface area contributed by atoms with E-state index >= 15 is 0 Å². The van der Waals surface area contributed by atoms with E-state index in [0.717, 1.165) is 15.8 Å². The lowest BCUT2D eigenvalue weighted by molar-refractivity contribution is 0.0997. The predicted octanol–water partition coefficient (Wildman–Crippen LogP) is 4.02. The average molecular weight is 354 g/mol. The monoisotopic (exact) mass is 354 g/mol. The number of ether oxygens (including phenoxy) is 1. The van der Waals surface area contributed by atoms with Gasteiger partial charge in [-0.1, -0.05) is 29.0 Å². The third kappa shape index (κ3) is 3.72. The van der Waals surface area contributed by atoms with Crippen LogP contribution in [0.15, 0.2) is 41.4 Å². The number of carbonyl (C=O) groups excluding carboxylic acids is 1. The van der Waals surface area contributed by atoms with E-state index < -0.39 is 0 Å². The van der Waals surface area contributed by atoms with Gasteiger partial charge in [0.2, 0.25) is 0 Å². The van der Waals surface area contributed by atoms with Gasteiger partial charge in [0.15, 0.2) is 4.80 Å². The average Bonchev–Trinajstić information content (AvgIpc) is 2.90. The van der Waals surface area contributed by atoms with Crippen LogP contribution in [0.5, 0.6) is 0 Å². The van der Waals surface area contributed by atoms with Gasteiger partial charge >= 0.3 is 0 Å². The van der Waals surface area contributed by atoms with E-state index in [9.17, 15) is 4.79 Å². The molecule has 1 heterocycles. The summed E-state index contributed by atoms with van der Waals surface area (Å²) in [5.41, 5.74) is 5.30. The van der Waals surface area contributed by atoms with Crippen molar-refractivity contribution < 1.29 is 9.53 Å². The van der Waals surface area contributed by atoms with Crippen molar-refractivity contribution in [2.45, 2.75) is 27.3 Å². The molecular weight excluding hydrogens is 332 g/mol. The molecule has 0 saturated heterocycles. The number of benzene rings is 2. The molecule has 0 radical (unpaired) electrons. The lowest BCUT2D eigenvalue weighted by Gasteiger charge is -2.06. The zero-order valence-electron chi connectivity index (χ0n) is 15.0. The number of nitrogens with zero attached hydrogens (tertiary/aromatic N) is 2. The van der Waals surface area contributed by atoms with Crippen LogP contribution in [0.25, 0.3) is 10.2 Å². The Morgan fingerprint density at radius 1 is 1.12 bits per heavy atom. The Labute approximate surface area is 151 Å². The van der Waals surface area contributed by atoms with Crippen molar-refractivity contribution in [3.05, 3.63) is 63.5 Å². The molecule has 0 bridgehead atoms. The summed E-state index contributed by atoms with van der Waals surface area (Å²) in [7, 11) is 1.68. The molecule has 0 fully saturated rings. The van der Waals surface area contributed by atoms with E-state index in [1.165, 1.54) is 11.1 Å². The van der Waals surface area contributed by atoms with E-state index in [1.54, 1.807) is 18.4 Å². The Bertz CT molecular complexity index is 981. The molecule has 0 spiro atoms. The van der Waals surface area contributed by atoms with Crippen LogP contribution in [-0.4, -0.2) is 24.2 Å². The maximum Gasteiger partial charge on any atom is 0.279 e. The van der Waals surface area contributed by atoms with Crippen LogP contribution >= 0.6 is 11.3 Å². The van der Waals surface area contributed by atoms with Gasteiger partial charge in [0.05, 0.1) is 16.8 Å². The minimum Gasteiger partial charge on any atom is -0.383 e. The topological polar surface area (TPSA) is 43.6 Å². The molecule has 0 aliphatic rings. The second-order valence-corrected chi connectivity index (χ2v) is 7.23. The van der Waals surface area contributed by atoms with Crippen molar-refractivity contribution in [1.82, 2.24) is 4.57 Å². The first-order valence-corrected chi connectivity index (χ1v) is 9.06. The van der Waals surface area contributed by atoms with Crippen LogP contribution in [0.3, 0.4) is 0 Å². The zero-order chi connectivity index (χ0) is 18.0. The molecular formula is C20H22N2O2S. The summed E-state index contributed by atoms with van der Waals surface area (Å²) in [6.07, 6.45) is 0. The lowest BCUT2D eigenvalue weighted by Crippen LogP contribution is -2.19. The highest BCUT2D eigenvalue weighted by atomic mass is 32.1. The van der Waals surface area contributed by atoms with Gasteiger partial charge in [-0.05, 0) is 56.2 Å². The highest BCUT2D eigenvalue weighted by Crippen LogP contribution is 2.22. The van der Waals surface area contributed by atoms with Crippen LogP contribution in [0.2, 0.25) is 0 Å². The van der Waals surface area contributed by atoms with Gasteiger partial charge in [-0.25, -0.2) is 0 Å². The van der Waals surface area contributed by atoms with Crippen molar-refractivity contribution in [2.75, 3.05) is 13.7 Å². The lowest BCUT2D eigenvalue weighted by atomic mass is 10.1. The number of aryl methyl sites for hydroxylation is 3. The Hall–Kier alpha value is -2.24. The van der Waals surface area contributed by atoms with E-state index in [1.807, 2.05) is 31.2 Å². The number of methoxy groups -OCH3 is 1. The predicted molar refractivity (Wildman–Crippen MR) is 102 cm³/mol. The largest absolute Gasteiger partial charge is 0.383 e. The van der Waals surface area contributed by atoms with Crippen LogP contribution in [0, 0.1) is 20.8 Å². The highest BCUT2D eigenvalue weighted by molar-refractivity contribution is 7.16. The number of thiazole rings is 1. The van der Waals surface area contributed by atoms with Gasteiger partial charge in [0, 0.05) is 19.2 Å². The first-order valence-electron chi connectivity index (χ1n) is 8.25. The number of hydrogen-bond acceptors (Lipinski definition) is 3. The van der Waals surface area contributed by atoms with Gasteiger partial charge < -0.3 is 9.30 Å². The summed E-state index contributed by atoms with van der Waals surface area (Å²) in [5.74, 6) is -0.217. The maximum absolute atomic E-state index is 12.6. The van der Waals surface area contributed by atoms with Gasteiger partial charge in [0.1, 0.15) is 0 Å². The molecule has 0 aliphatic heterocycles. The van der Waals surface area contributed by atoms with Crippen molar-refractivity contribution >= 4 is 27.5 Å². The molecule has 2 aromatic carbocycles. The maximum atomic E-state index is 12.6. The number of aromatic nitrogens is 1. The van der Waals surface area contributed by atoms with E-state index in [-0.39, 0.29) is 5.91 Å². The Morgan fingerprint density at radius 3 is 2.48 bits per heavy atom. The van der Waals surface area contributed by atoms with Crippen molar-refractivity contribution in [3.8, 4) is 0 Å². The van der Waals surface area contributed by atoms with Crippen molar-refractivity contribution in [3.63, 3.8) is 0 Å². The summed E-state index contributed by atoms with van der Waals surface area (Å²) in [6, 6.07) is 11.8. The molecule has 0 saturated carbocycles. The van der Waals surface area contributed by atoms with Gasteiger partial charge in [-0.3, -0.25) is 4.79 Å². The van der Waals surface area contributed by atoms with Crippen LogP contribution in [0.4, 0.5) is 0 Å². The Morgan fingerprint density at radius 2 is 1.80 bits per heavy atom. The molecule has 130 valence electrons. The number of rotatable bonds is 4. The number of carbonyl (C=O) groups is 1. The molecule has 0 N–H and O–H groups in total. The molecule has 1 aromatic heterocycles. The molecule has 0 unspecified atom stereocenters. The first kappa shape index (κ1) is 17.6. The molecule has 0 aliphatic carbocycles. The van der Waals surface area contributed by atoms with Crippen LogP contribution in [0.1, 0.15) is 27.0 Å². The van der Waals surface area contributed by atoms with Crippen LogP contribution in [-0.2, 0) is 11.3 Å². The first-order chi connectivity index (χ1) is 12.0. The second kappa shape index (κ2) is 7.33. The number of fused-ring (bicyclic) bond motifs is 1. The fraction of sp³-hybridized carbons (Fsp3) is 0.300. The van der Waals surface area contributed by atoms with Crippen LogP contribution < -0.4 is 4.80 Å². The standard InChI is InChI=1S/C20H22N2O2S/c1-13-5-7-16(8-6-13)19(23)21-20-22(9-10-24-4)17-11-14(2)15(3)12-18(17)25-20/h5-8,11-12H,9-10H2,1-4H3. The molecule has 0 atom stereocenters. The molecule has 3 rings (SSSR count). The third-order valence-electron chi connectivity index (χ3n) is 4.31.